The first-order valence-electron chi connectivity index (χ1n) is 5.36. The minimum absolute atomic E-state index is 0.0493. The Morgan fingerprint density at radius 1 is 1.53 bits per heavy atom. The molecule has 0 spiro atoms. The molecule has 0 bridgehead atoms. The average molecular weight is 301 g/mol. The molecule has 1 heterocycles. The van der Waals surface area contributed by atoms with Crippen LogP contribution in [-0.4, -0.2) is 36.3 Å². The number of nitrogens with one attached hydrogen (secondary N) is 1. The minimum Gasteiger partial charge on any atom is -0.444 e. The van der Waals surface area contributed by atoms with Crippen molar-refractivity contribution in [2.45, 2.75) is 18.9 Å². The van der Waals surface area contributed by atoms with Gasteiger partial charge in [0, 0.05) is 13.1 Å². The molecule has 0 unspecified atom stereocenters. The maximum Gasteiger partial charge on any atom is 0.289 e. The summed E-state index contributed by atoms with van der Waals surface area (Å²) in [5.74, 6) is -0.214. The number of halogens is 1. The number of hydrogen-bond donors (Lipinski definition) is 1. The van der Waals surface area contributed by atoms with E-state index in [1.54, 1.807) is 19.2 Å². The molecular formula is C11H13BrN2O3. The summed E-state index contributed by atoms with van der Waals surface area (Å²) in [6.07, 6.45) is 2.07. The van der Waals surface area contributed by atoms with E-state index in [4.69, 9.17) is 4.42 Å². The van der Waals surface area contributed by atoms with Crippen molar-refractivity contribution >= 4 is 27.7 Å². The number of carbonyl (C=O) groups is 2. The monoisotopic (exact) mass is 300 g/mol. The van der Waals surface area contributed by atoms with Crippen molar-refractivity contribution in [1.29, 1.82) is 0 Å². The van der Waals surface area contributed by atoms with Crippen LogP contribution in [0.4, 0.5) is 0 Å². The highest BCUT2D eigenvalue weighted by molar-refractivity contribution is 9.10. The predicted octanol–water partition coefficient (Wildman–Crippen LogP) is 1.39. The Kier molecular flexibility index (Phi) is 3.51. The second-order valence-electron chi connectivity index (χ2n) is 4.11. The van der Waals surface area contributed by atoms with Crippen molar-refractivity contribution in [3.8, 4) is 0 Å². The molecule has 1 N–H and O–H groups in total. The Labute approximate surface area is 107 Å². The van der Waals surface area contributed by atoms with Gasteiger partial charge in [0.1, 0.15) is 0 Å². The first-order valence-corrected chi connectivity index (χ1v) is 6.15. The fourth-order valence-electron chi connectivity index (χ4n) is 1.41. The smallest absolute Gasteiger partial charge is 0.289 e. The zero-order valence-electron chi connectivity index (χ0n) is 9.40. The Bertz CT molecular complexity index is 440. The molecule has 0 saturated heterocycles. The minimum atomic E-state index is -0.304. The lowest BCUT2D eigenvalue weighted by atomic mass is 10.4. The zero-order chi connectivity index (χ0) is 12.4. The Hall–Kier alpha value is -1.30. The summed E-state index contributed by atoms with van der Waals surface area (Å²) in [4.78, 5) is 24.7. The van der Waals surface area contributed by atoms with E-state index in [1.807, 2.05) is 0 Å². The van der Waals surface area contributed by atoms with Crippen molar-refractivity contribution in [2.24, 2.45) is 0 Å². The van der Waals surface area contributed by atoms with Gasteiger partial charge < -0.3 is 14.6 Å². The van der Waals surface area contributed by atoms with E-state index < -0.39 is 0 Å². The molecular weight excluding hydrogens is 288 g/mol. The number of nitrogens with zero attached hydrogens (tertiary/aromatic N) is 1. The van der Waals surface area contributed by atoms with Crippen LogP contribution in [0.2, 0.25) is 0 Å². The van der Waals surface area contributed by atoms with E-state index in [0.717, 1.165) is 12.8 Å². The van der Waals surface area contributed by atoms with Gasteiger partial charge in [0.05, 0.1) is 6.54 Å². The highest BCUT2D eigenvalue weighted by atomic mass is 79.9. The van der Waals surface area contributed by atoms with Crippen LogP contribution in [-0.2, 0) is 4.79 Å². The van der Waals surface area contributed by atoms with Gasteiger partial charge in [0.15, 0.2) is 10.4 Å². The summed E-state index contributed by atoms with van der Waals surface area (Å²) in [5, 5.41) is 2.82. The van der Waals surface area contributed by atoms with Gasteiger partial charge in [-0.25, -0.2) is 0 Å². The molecule has 1 aromatic rings. The van der Waals surface area contributed by atoms with Gasteiger partial charge in [-0.05, 0) is 40.9 Å². The molecule has 1 saturated carbocycles. The third kappa shape index (κ3) is 3.33. The van der Waals surface area contributed by atoms with E-state index in [9.17, 15) is 9.59 Å². The molecule has 0 aromatic carbocycles. The third-order valence-corrected chi connectivity index (χ3v) is 2.88. The Balaban J connectivity index is 1.88. The fourth-order valence-corrected chi connectivity index (χ4v) is 1.71. The molecule has 0 atom stereocenters. The van der Waals surface area contributed by atoms with Crippen LogP contribution < -0.4 is 5.32 Å². The summed E-state index contributed by atoms with van der Waals surface area (Å²) >= 11 is 3.12. The molecule has 6 heteroatoms. The van der Waals surface area contributed by atoms with Crippen LogP contribution in [0.3, 0.4) is 0 Å². The molecule has 17 heavy (non-hydrogen) atoms. The lowest BCUT2D eigenvalue weighted by Gasteiger charge is -2.15. The van der Waals surface area contributed by atoms with Crippen molar-refractivity contribution in [3.63, 3.8) is 0 Å². The summed E-state index contributed by atoms with van der Waals surface area (Å²) < 4.78 is 5.63. The first kappa shape index (κ1) is 12.2. The van der Waals surface area contributed by atoms with E-state index >= 15 is 0 Å². The number of furan rings is 1. The van der Waals surface area contributed by atoms with Gasteiger partial charge in [0.25, 0.3) is 5.91 Å². The molecule has 1 aromatic heterocycles. The topological polar surface area (TPSA) is 62.6 Å². The van der Waals surface area contributed by atoms with Crippen molar-refractivity contribution in [1.82, 2.24) is 10.2 Å². The normalized spacial score (nSPS) is 14.5. The standard InChI is InChI=1S/C11H13BrN2O3/c1-14(6-10(15)13-7-2-3-7)11(16)8-4-5-9(12)17-8/h4-5,7H,2-3,6H2,1H3,(H,13,15). The zero-order valence-corrected chi connectivity index (χ0v) is 11.0. The number of rotatable bonds is 4. The Morgan fingerprint density at radius 3 is 2.76 bits per heavy atom. The van der Waals surface area contributed by atoms with E-state index in [2.05, 4.69) is 21.2 Å². The molecule has 2 rings (SSSR count). The summed E-state index contributed by atoms with van der Waals surface area (Å²) in [7, 11) is 1.57. The Morgan fingerprint density at radius 2 is 2.24 bits per heavy atom. The lowest BCUT2D eigenvalue weighted by Crippen LogP contribution is -2.39. The molecule has 0 radical (unpaired) electrons. The SMILES string of the molecule is CN(CC(=O)NC1CC1)C(=O)c1ccc(Br)o1. The highest BCUT2D eigenvalue weighted by Crippen LogP contribution is 2.18. The second-order valence-corrected chi connectivity index (χ2v) is 4.89. The molecule has 1 aliphatic carbocycles. The predicted molar refractivity (Wildman–Crippen MR) is 64.5 cm³/mol. The maximum atomic E-state index is 11.8. The second kappa shape index (κ2) is 4.91. The molecule has 2 amide bonds. The van der Waals surface area contributed by atoms with E-state index in [0.29, 0.717) is 10.7 Å². The van der Waals surface area contributed by atoms with Crippen LogP contribution in [0.1, 0.15) is 23.4 Å². The van der Waals surface area contributed by atoms with E-state index in [-0.39, 0.29) is 24.1 Å². The summed E-state index contributed by atoms with van der Waals surface area (Å²) in [6.45, 7) is 0.0493. The molecule has 92 valence electrons. The molecule has 0 aliphatic heterocycles. The average Bonchev–Trinajstić information content (AvgIpc) is 2.96. The van der Waals surface area contributed by atoms with Gasteiger partial charge >= 0.3 is 0 Å². The van der Waals surface area contributed by atoms with Gasteiger partial charge in [-0.15, -0.1) is 0 Å². The lowest BCUT2D eigenvalue weighted by molar-refractivity contribution is -0.121. The number of amides is 2. The molecule has 1 aliphatic rings. The molecule has 5 nitrogen and oxygen atoms in total. The van der Waals surface area contributed by atoms with Crippen molar-refractivity contribution < 1.29 is 14.0 Å². The number of hydrogen-bond acceptors (Lipinski definition) is 3. The number of carbonyl (C=O) groups excluding carboxylic acids is 2. The van der Waals surface area contributed by atoms with Crippen LogP contribution in [0, 0.1) is 0 Å². The van der Waals surface area contributed by atoms with Gasteiger partial charge in [-0.2, -0.15) is 0 Å². The van der Waals surface area contributed by atoms with Crippen LogP contribution in [0.5, 0.6) is 0 Å². The molecule has 1 fully saturated rings. The van der Waals surface area contributed by atoms with Crippen molar-refractivity contribution in [3.05, 3.63) is 22.6 Å². The van der Waals surface area contributed by atoms with E-state index in [1.165, 1.54) is 4.90 Å². The maximum absolute atomic E-state index is 11.8. The van der Waals surface area contributed by atoms with Crippen LogP contribution in [0.25, 0.3) is 0 Å². The highest BCUT2D eigenvalue weighted by Gasteiger charge is 2.25. The van der Waals surface area contributed by atoms with Gasteiger partial charge in [-0.1, -0.05) is 0 Å². The quantitative estimate of drug-likeness (QED) is 0.914. The third-order valence-electron chi connectivity index (χ3n) is 2.45. The fraction of sp³-hybridized carbons (Fsp3) is 0.455. The summed E-state index contributed by atoms with van der Waals surface area (Å²) in [6, 6.07) is 3.52. The van der Waals surface area contributed by atoms with Crippen LogP contribution >= 0.6 is 15.9 Å². The number of likely N-dealkylation sites (N-methyl/N-ethyl adjacent to an activating group) is 1. The van der Waals surface area contributed by atoms with Gasteiger partial charge in [-0.3, -0.25) is 9.59 Å². The first-order chi connectivity index (χ1) is 8.06. The largest absolute Gasteiger partial charge is 0.444 e. The van der Waals surface area contributed by atoms with Crippen LogP contribution in [0.15, 0.2) is 21.2 Å². The summed E-state index contributed by atoms with van der Waals surface area (Å²) in [5.41, 5.74) is 0. The van der Waals surface area contributed by atoms with Crippen molar-refractivity contribution in [2.75, 3.05) is 13.6 Å². The van der Waals surface area contributed by atoms with Gasteiger partial charge in [0.2, 0.25) is 5.91 Å².